The molecule has 0 atom stereocenters. The van der Waals surface area contributed by atoms with Crippen molar-refractivity contribution in [2.75, 3.05) is 18.0 Å². The highest BCUT2D eigenvalue weighted by molar-refractivity contribution is 7.92. The van der Waals surface area contributed by atoms with Gasteiger partial charge in [-0.3, -0.25) is 4.31 Å². The number of anilines is 1. The Hall–Kier alpha value is -2.15. The average Bonchev–Trinajstić information content (AvgIpc) is 2.47. The van der Waals surface area contributed by atoms with Crippen molar-refractivity contribution in [2.45, 2.75) is 11.8 Å². The molecule has 0 N–H and O–H groups in total. The Balaban J connectivity index is 2.49. The Morgan fingerprint density at radius 3 is 2.41 bits per heavy atom. The van der Waals surface area contributed by atoms with Crippen LogP contribution in [0.4, 0.5) is 14.5 Å². The maximum Gasteiger partial charge on any atom is 0.264 e. The zero-order chi connectivity index (χ0) is 16.3. The van der Waals surface area contributed by atoms with E-state index in [-0.39, 0.29) is 22.9 Å². The zero-order valence-corrected chi connectivity index (χ0v) is 12.9. The normalized spacial score (nSPS) is 11.3. The quantitative estimate of drug-likeness (QED) is 0.847. The molecule has 2 aromatic rings. The van der Waals surface area contributed by atoms with Crippen molar-refractivity contribution in [3.8, 4) is 5.75 Å². The van der Waals surface area contributed by atoms with E-state index in [4.69, 9.17) is 4.74 Å². The molecule has 0 spiro atoms. The Morgan fingerprint density at radius 2 is 1.86 bits per heavy atom. The summed E-state index contributed by atoms with van der Waals surface area (Å²) in [5.74, 6) is -1.38. The molecule has 118 valence electrons. The van der Waals surface area contributed by atoms with Gasteiger partial charge in [-0.1, -0.05) is 6.07 Å². The molecule has 0 unspecified atom stereocenters. The highest BCUT2D eigenvalue weighted by Gasteiger charge is 2.25. The number of nitrogens with zero attached hydrogens (tertiary/aromatic N) is 1. The Labute approximate surface area is 128 Å². The van der Waals surface area contributed by atoms with E-state index in [1.807, 2.05) is 0 Å². The summed E-state index contributed by atoms with van der Waals surface area (Å²) < 4.78 is 58.1. The molecule has 0 aliphatic rings. The van der Waals surface area contributed by atoms with E-state index in [9.17, 15) is 17.2 Å². The van der Waals surface area contributed by atoms with Gasteiger partial charge >= 0.3 is 0 Å². The fourth-order valence-electron chi connectivity index (χ4n) is 2.06. The van der Waals surface area contributed by atoms with Gasteiger partial charge in [-0.2, -0.15) is 0 Å². The molecular weight excluding hydrogens is 312 g/mol. The molecule has 0 aliphatic heterocycles. The van der Waals surface area contributed by atoms with Crippen molar-refractivity contribution in [1.29, 1.82) is 0 Å². The lowest BCUT2D eigenvalue weighted by molar-refractivity contribution is 0.385. The molecule has 0 heterocycles. The molecular formula is C15H15F2NO3S. The molecule has 0 bridgehead atoms. The van der Waals surface area contributed by atoms with Crippen LogP contribution in [0.3, 0.4) is 0 Å². The standard InChI is InChI=1S/C15H15F2NO3S/c1-3-18(12-6-4-5-11(16)9-12)22(19,20)13-7-8-15(21-2)14(17)10-13/h4-10H,3H2,1-2H3. The highest BCUT2D eigenvalue weighted by atomic mass is 32.2. The lowest BCUT2D eigenvalue weighted by Crippen LogP contribution is -2.30. The van der Waals surface area contributed by atoms with E-state index >= 15 is 0 Å². The Morgan fingerprint density at radius 1 is 1.14 bits per heavy atom. The second-order valence-electron chi connectivity index (χ2n) is 4.45. The summed E-state index contributed by atoms with van der Waals surface area (Å²) >= 11 is 0. The lowest BCUT2D eigenvalue weighted by atomic mass is 10.3. The van der Waals surface area contributed by atoms with Crippen LogP contribution < -0.4 is 9.04 Å². The number of halogens is 2. The van der Waals surface area contributed by atoms with Crippen LogP contribution in [0.15, 0.2) is 47.4 Å². The molecule has 0 amide bonds. The summed E-state index contributed by atoms with van der Waals surface area (Å²) in [6.45, 7) is 1.70. The first kappa shape index (κ1) is 16.2. The molecule has 2 rings (SSSR count). The van der Waals surface area contributed by atoms with E-state index in [1.165, 1.54) is 37.4 Å². The lowest BCUT2D eigenvalue weighted by Gasteiger charge is -2.23. The zero-order valence-electron chi connectivity index (χ0n) is 12.1. The van der Waals surface area contributed by atoms with Gasteiger partial charge in [0.2, 0.25) is 0 Å². The van der Waals surface area contributed by atoms with Gasteiger partial charge in [-0.15, -0.1) is 0 Å². The first-order valence-corrected chi connectivity index (χ1v) is 7.96. The summed E-state index contributed by atoms with van der Waals surface area (Å²) in [5, 5.41) is 0. The van der Waals surface area contributed by atoms with Crippen LogP contribution in [0.2, 0.25) is 0 Å². The van der Waals surface area contributed by atoms with Crippen molar-refractivity contribution in [3.05, 3.63) is 54.1 Å². The third-order valence-corrected chi connectivity index (χ3v) is 4.99. The minimum Gasteiger partial charge on any atom is -0.494 e. The smallest absolute Gasteiger partial charge is 0.264 e. The summed E-state index contributed by atoms with van der Waals surface area (Å²) in [5.41, 5.74) is 0.179. The minimum absolute atomic E-state index is 0.0484. The number of hydrogen-bond acceptors (Lipinski definition) is 3. The molecule has 0 fully saturated rings. The van der Waals surface area contributed by atoms with Gasteiger partial charge in [0.25, 0.3) is 10.0 Å². The van der Waals surface area contributed by atoms with Crippen molar-refractivity contribution in [1.82, 2.24) is 0 Å². The maximum atomic E-state index is 13.7. The van der Waals surface area contributed by atoms with E-state index < -0.39 is 21.7 Å². The fraction of sp³-hybridized carbons (Fsp3) is 0.200. The minimum atomic E-state index is -4.00. The third kappa shape index (κ3) is 3.04. The second-order valence-corrected chi connectivity index (χ2v) is 6.31. The second kappa shape index (κ2) is 6.31. The molecule has 22 heavy (non-hydrogen) atoms. The number of sulfonamides is 1. The van der Waals surface area contributed by atoms with Gasteiger partial charge in [0, 0.05) is 6.54 Å². The number of rotatable bonds is 5. The van der Waals surface area contributed by atoms with Gasteiger partial charge < -0.3 is 4.74 Å². The van der Waals surface area contributed by atoms with Gasteiger partial charge in [-0.25, -0.2) is 17.2 Å². The van der Waals surface area contributed by atoms with Gasteiger partial charge in [0.15, 0.2) is 11.6 Å². The summed E-state index contributed by atoms with van der Waals surface area (Å²) in [6.07, 6.45) is 0. The van der Waals surface area contributed by atoms with Crippen LogP contribution >= 0.6 is 0 Å². The van der Waals surface area contributed by atoms with Crippen LogP contribution in [0, 0.1) is 11.6 Å². The van der Waals surface area contributed by atoms with E-state index in [1.54, 1.807) is 6.92 Å². The van der Waals surface area contributed by atoms with E-state index in [0.29, 0.717) is 0 Å². The number of methoxy groups -OCH3 is 1. The Bertz CT molecular complexity index is 778. The third-order valence-electron chi connectivity index (χ3n) is 3.09. The van der Waals surface area contributed by atoms with Crippen molar-refractivity contribution >= 4 is 15.7 Å². The number of benzene rings is 2. The van der Waals surface area contributed by atoms with Gasteiger partial charge in [0.05, 0.1) is 17.7 Å². The molecule has 4 nitrogen and oxygen atoms in total. The molecule has 0 saturated heterocycles. The molecule has 0 saturated carbocycles. The number of hydrogen-bond donors (Lipinski definition) is 0. The van der Waals surface area contributed by atoms with Crippen LogP contribution in [0.5, 0.6) is 5.75 Å². The van der Waals surface area contributed by atoms with E-state index in [0.717, 1.165) is 16.4 Å². The topological polar surface area (TPSA) is 46.6 Å². The predicted octanol–water partition coefficient (Wildman–Crippen LogP) is 3.19. The highest BCUT2D eigenvalue weighted by Crippen LogP contribution is 2.27. The SMILES string of the molecule is CCN(c1cccc(F)c1)S(=O)(=O)c1ccc(OC)c(F)c1. The fourth-order valence-corrected chi connectivity index (χ4v) is 3.54. The van der Waals surface area contributed by atoms with Crippen LogP contribution in [-0.2, 0) is 10.0 Å². The summed E-state index contributed by atoms with van der Waals surface area (Å²) in [7, 11) is -2.71. The molecule has 0 aromatic heterocycles. The van der Waals surface area contributed by atoms with Crippen molar-refractivity contribution < 1.29 is 21.9 Å². The van der Waals surface area contributed by atoms with Crippen LogP contribution in [-0.4, -0.2) is 22.1 Å². The molecule has 0 radical (unpaired) electrons. The van der Waals surface area contributed by atoms with Crippen molar-refractivity contribution in [3.63, 3.8) is 0 Å². The first-order chi connectivity index (χ1) is 10.4. The predicted molar refractivity (Wildman–Crippen MR) is 79.6 cm³/mol. The Kier molecular flexibility index (Phi) is 4.65. The number of ether oxygens (including phenoxy) is 1. The molecule has 0 aliphatic carbocycles. The molecule has 7 heteroatoms. The summed E-state index contributed by atoms with van der Waals surface area (Å²) in [6, 6.07) is 8.59. The maximum absolute atomic E-state index is 13.7. The van der Waals surface area contributed by atoms with Crippen LogP contribution in [0.1, 0.15) is 6.92 Å². The average molecular weight is 327 g/mol. The monoisotopic (exact) mass is 327 g/mol. The van der Waals surface area contributed by atoms with E-state index in [2.05, 4.69) is 0 Å². The van der Waals surface area contributed by atoms with Crippen LogP contribution in [0.25, 0.3) is 0 Å². The van der Waals surface area contributed by atoms with Gasteiger partial charge in [0.1, 0.15) is 5.82 Å². The van der Waals surface area contributed by atoms with Gasteiger partial charge in [-0.05, 0) is 43.3 Å². The first-order valence-electron chi connectivity index (χ1n) is 6.52. The molecule has 2 aromatic carbocycles. The summed E-state index contributed by atoms with van der Waals surface area (Å²) in [4.78, 5) is -0.225. The largest absolute Gasteiger partial charge is 0.494 e. The van der Waals surface area contributed by atoms with Crippen molar-refractivity contribution in [2.24, 2.45) is 0 Å².